The maximum atomic E-state index is 11.9. The van der Waals surface area contributed by atoms with E-state index >= 15 is 0 Å². The van der Waals surface area contributed by atoms with E-state index in [1.165, 1.54) is 0 Å². The van der Waals surface area contributed by atoms with Crippen LogP contribution in [0.3, 0.4) is 0 Å². The Morgan fingerprint density at radius 3 is 3.17 bits per heavy atom. The second kappa shape index (κ2) is 5.54. The van der Waals surface area contributed by atoms with Gasteiger partial charge in [-0.2, -0.15) is 5.26 Å². The molecule has 1 unspecified atom stereocenters. The van der Waals surface area contributed by atoms with Gasteiger partial charge in [0.15, 0.2) is 0 Å². The first kappa shape index (κ1) is 12.4. The molecule has 94 valence electrons. The maximum absolute atomic E-state index is 11.9. The van der Waals surface area contributed by atoms with Crippen molar-refractivity contribution in [1.82, 2.24) is 0 Å². The van der Waals surface area contributed by atoms with Gasteiger partial charge in [-0.05, 0) is 38.0 Å². The molecule has 1 aliphatic heterocycles. The largest absolute Gasteiger partial charge is 0.464 e. The lowest BCUT2D eigenvalue weighted by atomic mass is 10.1. The van der Waals surface area contributed by atoms with Crippen molar-refractivity contribution in [2.24, 2.45) is 0 Å². The molecule has 2 rings (SSSR count). The summed E-state index contributed by atoms with van der Waals surface area (Å²) in [5.74, 6) is -0.169. The number of rotatable bonds is 3. The second-order valence-electron chi connectivity index (χ2n) is 4.27. The third kappa shape index (κ3) is 2.45. The van der Waals surface area contributed by atoms with E-state index in [-0.39, 0.29) is 12.0 Å². The summed E-state index contributed by atoms with van der Waals surface area (Å²) in [4.78, 5) is 13.9. The molecular formula is C14H16N2O2. The SMILES string of the molecule is CCOC(=O)C1CCCN1c1cccc(C#N)c1. The molecule has 0 N–H and O–H groups in total. The van der Waals surface area contributed by atoms with E-state index in [9.17, 15) is 4.79 Å². The number of hydrogen-bond acceptors (Lipinski definition) is 4. The molecule has 4 heteroatoms. The van der Waals surface area contributed by atoms with Gasteiger partial charge in [-0.25, -0.2) is 4.79 Å². The van der Waals surface area contributed by atoms with E-state index in [1.807, 2.05) is 30.0 Å². The fourth-order valence-corrected chi connectivity index (χ4v) is 2.31. The minimum atomic E-state index is -0.209. The summed E-state index contributed by atoms with van der Waals surface area (Å²) in [5.41, 5.74) is 1.53. The highest BCUT2D eigenvalue weighted by Crippen LogP contribution is 2.26. The van der Waals surface area contributed by atoms with Crippen LogP contribution >= 0.6 is 0 Å². The van der Waals surface area contributed by atoms with E-state index in [0.29, 0.717) is 12.2 Å². The predicted octanol–water partition coefficient (Wildman–Crippen LogP) is 2.09. The summed E-state index contributed by atoms with van der Waals surface area (Å²) < 4.78 is 5.09. The molecule has 0 radical (unpaired) electrons. The number of hydrogen-bond donors (Lipinski definition) is 0. The van der Waals surface area contributed by atoms with Crippen LogP contribution in [-0.4, -0.2) is 25.2 Å². The van der Waals surface area contributed by atoms with Gasteiger partial charge in [0.25, 0.3) is 0 Å². The van der Waals surface area contributed by atoms with Gasteiger partial charge < -0.3 is 9.64 Å². The van der Waals surface area contributed by atoms with Crippen molar-refractivity contribution < 1.29 is 9.53 Å². The second-order valence-corrected chi connectivity index (χ2v) is 4.27. The van der Waals surface area contributed by atoms with Crippen LogP contribution in [0.2, 0.25) is 0 Å². The Hall–Kier alpha value is -2.02. The minimum absolute atomic E-state index is 0.169. The van der Waals surface area contributed by atoms with Gasteiger partial charge >= 0.3 is 5.97 Å². The van der Waals surface area contributed by atoms with Gasteiger partial charge in [-0.1, -0.05) is 6.07 Å². The third-order valence-corrected chi connectivity index (χ3v) is 3.12. The molecule has 4 nitrogen and oxygen atoms in total. The lowest BCUT2D eigenvalue weighted by Crippen LogP contribution is -2.37. The Morgan fingerprint density at radius 2 is 2.44 bits per heavy atom. The fourth-order valence-electron chi connectivity index (χ4n) is 2.31. The topological polar surface area (TPSA) is 53.3 Å². The van der Waals surface area contributed by atoms with Crippen LogP contribution in [0, 0.1) is 11.3 Å². The molecule has 1 aromatic rings. The lowest BCUT2D eigenvalue weighted by molar-refractivity contribution is -0.144. The summed E-state index contributed by atoms with van der Waals surface area (Å²) in [5, 5.41) is 8.90. The van der Waals surface area contributed by atoms with Crippen molar-refractivity contribution in [3.8, 4) is 6.07 Å². The number of carbonyl (C=O) groups excluding carboxylic acids is 1. The van der Waals surface area contributed by atoms with E-state index in [2.05, 4.69) is 6.07 Å². The molecule has 0 saturated carbocycles. The lowest BCUT2D eigenvalue weighted by Gasteiger charge is -2.25. The van der Waals surface area contributed by atoms with Crippen LogP contribution in [-0.2, 0) is 9.53 Å². The zero-order valence-corrected chi connectivity index (χ0v) is 10.4. The van der Waals surface area contributed by atoms with Gasteiger partial charge in [0.05, 0.1) is 18.2 Å². The van der Waals surface area contributed by atoms with Crippen LogP contribution in [0.5, 0.6) is 0 Å². The first-order chi connectivity index (χ1) is 8.76. The number of benzene rings is 1. The maximum Gasteiger partial charge on any atom is 0.328 e. The Morgan fingerprint density at radius 1 is 1.61 bits per heavy atom. The molecule has 1 fully saturated rings. The molecule has 0 aliphatic carbocycles. The summed E-state index contributed by atoms with van der Waals surface area (Å²) in [6.45, 7) is 3.05. The van der Waals surface area contributed by atoms with Crippen LogP contribution in [0.4, 0.5) is 5.69 Å². The van der Waals surface area contributed by atoms with E-state index in [0.717, 1.165) is 25.1 Å². The van der Waals surface area contributed by atoms with Crippen molar-refractivity contribution >= 4 is 11.7 Å². The Labute approximate surface area is 107 Å². The van der Waals surface area contributed by atoms with E-state index in [1.54, 1.807) is 6.07 Å². The first-order valence-corrected chi connectivity index (χ1v) is 6.19. The van der Waals surface area contributed by atoms with E-state index in [4.69, 9.17) is 10.00 Å². The Bertz CT molecular complexity index is 479. The highest BCUT2D eigenvalue weighted by molar-refractivity contribution is 5.81. The van der Waals surface area contributed by atoms with Gasteiger partial charge in [0, 0.05) is 12.2 Å². The molecule has 1 heterocycles. The van der Waals surface area contributed by atoms with Gasteiger partial charge in [-0.3, -0.25) is 0 Å². The summed E-state index contributed by atoms with van der Waals surface area (Å²) in [6.07, 6.45) is 1.79. The van der Waals surface area contributed by atoms with Crippen LogP contribution in [0.15, 0.2) is 24.3 Å². The number of ether oxygens (including phenoxy) is 1. The van der Waals surface area contributed by atoms with Crippen molar-refractivity contribution in [3.63, 3.8) is 0 Å². The van der Waals surface area contributed by atoms with Crippen molar-refractivity contribution in [1.29, 1.82) is 5.26 Å². The zero-order valence-electron chi connectivity index (χ0n) is 10.4. The molecule has 1 aliphatic rings. The molecule has 1 saturated heterocycles. The van der Waals surface area contributed by atoms with Crippen LogP contribution < -0.4 is 4.90 Å². The standard InChI is InChI=1S/C14H16N2O2/c1-2-18-14(17)13-7-4-8-16(13)12-6-3-5-11(9-12)10-15/h3,5-6,9,13H,2,4,7-8H2,1H3. The fraction of sp³-hybridized carbons (Fsp3) is 0.429. The van der Waals surface area contributed by atoms with Crippen molar-refractivity contribution in [2.45, 2.75) is 25.8 Å². The molecule has 1 aromatic carbocycles. The van der Waals surface area contributed by atoms with Gasteiger partial charge in [-0.15, -0.1) is 0 Å². The highest BCUT2D eigenvalue weighted by atomic mass is 16.5. The quantitative estimate of drug-likeness (QED) is 0.764. The third-order valence-electron chi connectivity index (χ3n) is 3.12. The molecule has 0 spiro atoms. The number of anilines is 1. The average molecular weight is 244 g/mol. The van der Waals surface area contributed by atoms with Crippen LogP contribution in [0.1, 0.15) is 25.3 Å². The summed E-state index contributed by atoms with van der Waals surface area (Å²) in [6, 6.07) is 9.26. The van der Waals surface area contributed by atoms with Gasteiger partial charge in [0.2, 0.25) is 0 Å². The van der Waals surface area contributed by atoms with Crippen LogP contribution in [0.25, 0.3) is 0 Å². The first-order valence-electron chi connectivity index (χ1n) is 6.19. The average Bonchev–Trinajstić information content (AvgIpc) is 2.88. The van der Waals surface area contributed by atoms with Crippen molar-refractivity contribution in [2.75, 3.05) is 18.1 Å². The molecule has 1 atom stereocenters. The number of nitrogens with zero attached hydrogens (tertiary/aromatic N) is 2. The number of esters is 1. The molecule has 0 bridgehead atoms. The molecule has 0 aromatic heterocycles. The molecule has 0 amide bonds. The number of carbonyl (C=O) groups is 1. The zero-order chi connectivity index (χ0) is 13.0. The van der Waals surface area contributed by atoms with E-state index < -0.39 is 0 Å². The summed E-state index contributed by atoms with van der Waals surface area (Å²) >= 11 is 0. The van der Waals surface area contributed by atoms with Crippen molar-refractivity contribution in [3.05, 3.63) is 29.8 Å². The monoisotopic (exact) mass is 244 g/mol. The van der Waals surface area contributed by atoms with Gasteiger partial charge in [0.1, 0.15) is 6.04 Å². The predicted molar refractivity (Wildman–Crippen MR) is 68.2 cm³/mol. The normalized spacial score (nSPS) is 18.4. The summed E-state index contributed by atoms with van der Waals surface area (Å²) in [7, 11) is 0. The molecule has 18 heavy (non-hydrogen) atoms. The Kier molecular flexibility index (Phi) is 3.83. The molecular weight excluding hydrogens is 228 g/mol. The Balaban J connectivity index is 2.20. The minimum Gasteiger partial charge on any atom is -0.464 e. The number of nitriles is 1. The highest BCUT2D eigenvalue weighted by Gasteiger charge is 2.31. The smallest absolute Gasteiger partial charge is 0.328 e.